The van der Waals surface area contributed by atoms with E-state index < -0.39 is 225 Å². The van der Waals surface area contributed by atoms with E-state index in [0.717, 1.165) is 52.3 Å². The number of nitrogens with zero attached hydrogens (tertiary/aromatic N) is 3. The van der Waals surface area contributed by atoms with Crippen molar-refractivity contribution in [3.8, 4) is 5.75 Å². The molecule has 40 heteroatoms. The van der Waals surface area contributed by atoms with Crippen molar-refractivity contribution in [2.45, 2.75) is 225 Å². The van der Waals surface area contributed by atoms with Gasteiger partial charge in [-0.25, -0.2) is 19.4 Å². The topological polar surface area (TPSA) is 540 Å². The molecule has 36 nitrogen and oxygen atoms in total. The highest BCUT2D eigenvalue weighted by atomic mass is 33.1. The van der Waals surface area contributed by atoms with Gasteiger partial charge in [0.2, 0.25) is 17.7 Å². The highest BCUT2D eigenvalue weighted by Crippen LogP contribution is 2.35. The number of nitrogens with one attached hydrogen (secondary N) is 6. The first kappa shape index (κ1) is 103. The number of likely N-dealkylation sites (tertiary alicyclic amines) is 1. The third-order valence-electron chi connectivity index (χ3n) is 20.2. The summed E-state index contributed by atoms with van der Waals surface area (Å²) in [7, 11) is 4.01. The van der Waals surface area contributed by atoms with Crippen LogP contribution in [0.3, 0.4) is 0 Å². The quantitative estimate of drug-likeness (QED) is 0.00515. The minimum absolute atomic E-state index is 0.0108. The van der Waals surface area contributed by atoms with Crippen LogP contribution in [-0.4, -0.2) is 239 Å². The Morgan fingerprint density at radius 1 is 0.702 bits per heavy atom. The van der Waals surface area contributed by atoms with Gasteiger partial charge in [0.05, 0.1) is 43.3 Å². The van der Waals surface area contributed by atoms with Crippen molar-refractivity contribution in [1.82, 2.24) is 46.7 Å². The summed E-state index contributed by atoms with van der Waals surface area (Å²) in [6, 6.07) is 7.76. The van der Waals surface area contributed by atoms with E-state index in [0.29, 0.717) is 30.4 Å². The predicted octanol–water partition coefficient (Wildman–Crippen LogP) is 7.00. The van der Waals surface area contributed by atoms with E-state index >= 15 is 4.79 Å². The molecule has 1 saturated heterocycles. The van der Waals surface area contributed by atoms with Crippen LogP contribution < -0.4 is 31.9 Å². The number of ether oxygens (including phenoxy) is 4. The Kier molecular flexibility index (Phi) is 46.2. The molecule has 1 aliphatic heterocycles. The average molecular weight is 1770 g/mol. The number of hydrogen-bond acceptors (Lipinski definition) is 28. The lowest BCUT2D eigenvalue weighted by molar-refractivity contribution is -0.162. The molecule has 0 spiro atoms. The van der Waals surface area contributed by atoms with Crippen LogP contribution in [0.25, 0.3) is 0 Å². The first-order valence-electron chi connectivity index (χ1n) is 39.9. The predicted molar refractivity (Wildman–Crippen MR) is 446 cm³/mol. The second-order valence-electron chi connectivity index (χ2n) is 30.0. The van der Waals surface area contributed by atoms with Crippen molar-refractivity contribution in [3.63, 3.8) is 0 Å². The second-order valence-corrected chi connectivity index (χ2v) is 33.9. The number of esters is 2. The standard InChI is InChI=1S/C81H113N9O27S4/c1-9-16-72(103)115-44-90(76(106)57(47(5)10-2)39-65(96)62-19-14-15-30-89(62)8)63(46(3)4)40-67(117-49(7)92)75-86-61(43-119-75)74(105)83-54(34-51-20-22-55(93)23-21-51)33-48(6)66(97)41-82-81(113)114-31-32-120-121-42-53(77(107)108)37-64(95)60(35-50-17-12-11-13-18-50)85-73(104)52(38-71(101)102)36-56(94)24-25-58(78(109)110)84-68(98)27-26-59(79(111)112)87-80(118)88-69(116-45-91)28-29-70(99)100/h11-13,17-18,20-23,43,45-48,52-54,57-60,62-63,67,69,93H,9-10,14-16,19,24-42,44H2,1-8H3,(H,82,113)(H,83,105)(H,84,98)(H,85,104)(H,99,100)(H,101,102)(H,107,108)(H,109,110)(H,111,112)(H2,87,88,118)/t47?,48-,52-,53+,54+,57-,58-,59-,60+,62+,63+,67+,69+/m0/s1. The monoisotopic (exact) mass is 1770 g/mol. The van der Waals surface area contributed by atoms with Gasteiger partial charge in [0.15, 0.2) is 41.5 Å². The number of phenolic OH excluding ortho intramolecular Hbond substituents is 1. The smallest absolute Gasteiger partial charge is 0.407 e. The number of piperidine rings is 1. The Labute approximate surface area is 718 Å². The number of likely N-dealkylation sites (N-methyl/N-ethyl adjacent to an activating group) is 1. The summed E-state index contributed by atoms with van der Waals surface area (Å²) in [4.78, 5) is 229. The summed E-state index contributed by atoms with van der Waals surface area (Å²) in [6.45, 7) is 11.8. The van der Waals surface area contributed by atoms with Crippen molar-refractivity contribution in [2.24, 2.45) is 35.5 Å². The van der Waals surface area contributed by atoms with Gasteiger partial charge in [-0.15, -0.1) is 11.3 Å². The molecule has 2 aromatic carbocycles. The Bertz CT molecular complexity index is 4010. The van der Waals surface area contributed by atoms with Crippen LogP contribution in [-0.2, 0) is 104 Å². The maximum absolute atomic E-state index is 15.1. The van der Waals surface area contributed by atoms with Crippen LogP contribution in [0.1, 0.15) is 197 Å². The molecular weight excluding hydrogens is 1660 g/mol. The van der Waals surface area contributed by atoms with Gasteiger partial charge in [-0.3, -0.25) is 72.0 Å². The van der Waals surface area contributed by atoms with Gasteiger partial charge in [-0.05, 0) is 112 Å². The number of ketones is 4. The van der Waals surface area contributed by atoms with Crippen molar-refractivity contribution in [3.05, 3.63) is 81.8 Å². The summed E-state index contributed by atoms with van der Waals surface area (Å²) >= 11 is 6.07. The minimum atomic E-state index is -1.74. The number of hydrogen-bond donors (Lipinski definition) is 12. The van der Waals surface area contributed by atoms with Gasteiger partial charge in [0.1, 0.15) is 40.9 Å². The molecule has 5 amide bonds. The van der Waals surface area contributed by atoms with Crippen LogP contribution >= 0.6 is 45.1 Å². The van der Waals surface area contributed by atoms with Crippen LogP contribution in [0.15, 0.2) is 60.0 Å². The number of aromatic hydroxyl groups is 1. The second kappa shape index (κ2) is 54.2. The molecule has 1 aliphatic rings. The van der Waals surface area contributed by atoms with E-state index in [9.17, 15) is 102 Å². The summed E-state index contributed by atoms with van der Waals surface area (Å²) in [5.41, 5.74) is 1.12. The van der Waals surface area contributed by atoms with Crippen molar-refractivity contribution in [2.75, 3.05) is 45.0 Å². The van der Waals surface area contributed by atoms with Crippen LogP contribution in [0.2, 0.25) is 0 Å². The molecule has 0 bridgehead atoms. The van der Waals surface area contributed by atoms with Gasteiger partial charge in [0.25, 0.3) is 12.4 Å². The number of benzene rings is 2. The molecule has 3 aromatic rings. The number of phenols is 1. The highest BCUT2D eigenvalue weighted by Gasteiger charge is 2.41. The number of carboxylic acid groups (broad SMARTS) is 5. The zero-order chi connectivity index (χ0) is 90.0. The molecule has 668 valence electrons. The highest BCUT2D eigenvalue weighted by molar-refractivity contribution is 8.76. The molecule has 1 unspecified atom stereocenters. The Morgan fingerprint density at radius 3 is 1.98 bits per heavy atom. The number of carbonyl (C=O) groups excluding carboxylic acids is 12. The van der Waals surface area contributed by atoms with Crippen LogP contribution in [0.5, 0.6) is 5.75 Å². The number of thiocarbonyl (C=S) groups is 1. The van der Waals surface area contributed by atoms with Gasteiger partial charge < -0.3 is 86.4 Å². The molecule has 1 fully saturated rings. The summed E-state index contributed by atoms with van der Waals surface area (Å²) in [5.74, 6) is -18.9. The van der Waals surface area contributed by atoms with E-state index in [1.54, 1.807) is 49.4 Å². The number of aliphatic carboxylic acids is 5. The molecule has 121 heavy (non-hydrogen) atoms. The zero-order valence-corrected chi connectivity index (χ0v) is 72.3. The van der Waals surface area contributed by atoms with Crippen molar-refractivity contribution < 1.29 is 131 Å². The van der Waals surface area contributed by atoms with Gasteiger partial charge in [-0.2, -0.15) is 0 Å². The Balaban J connectivity index is 1.36. The zero-order valence-electron chi connectivity index (χ0n) is 69.0. The van der Waals surface area contributed by atoms with E-state index in [4.69, 9.17) is 36.3 Å². The number of aromatic nitrogens is 1. The first-order valence-corrected chi connectivity index (χ1v) is 43.6. The third kappa shape index (κ3) is 38.6. The summed E-state index contributed by atoms with van der Waals surface area (Å²) in [5, 5.41) is 74.9. The Morgan fingerprint density at radius 2 is 1.37 bits per heavy atom. The van der Waals surface area contributed by atoms with Gasteiger partial charge in [-0.1, -0.05) is 118 Å². The number of amides is 5. The Hall–Kier alpha value is -10.2. The SMILES string of the molecule is CCCC(=O)OCN(C(=O)[C@@H](CC(=O)[C@H]1CCCCN1C)C(C)CC)[C@H](C[C@@H](OC(C)=O)c1nc(C(=O)N[C@@H](Cc2ccc(O)cc2)C[C@H](C)C(=O)CNC(=O)OCCSSC[C@@H](CC(=O)[C@@H](Cc2ccccc2)NC(=O)[C@H](CC(=O)O)CC(=O)CC[C@H](NC(=O)CC[C@H](NC(=S)N[C@@H](CCC(=O)O)OC=O)C(=O)O)C(=O)O)C(=O)O)cs1)C(C)C. The van der Waals surface area contributed by atoms with E-state index in [-0.39, 0.29) is 110 Å². The number of thiazole rings is 1. The maximum Gasteiger partial charge on any atom is 0.407 e. The lowest BCUT2D eigenvalue weighted by Gasteiger charge is -2.39. The molecule has 4 rings (SSSR count). The lowest BCUT2D eigenvalue weighted by atomic mass is 9.82. The lowest BCUT2D eigenvalue weighted by Crippen LogP contribution is -2.50. The number of Topliss-reactive ketones (excluding diaryl/α,β-unsaturated/α-hetero) is 4. The largest absolute Gasteiger partial charge is 0.508 e. The molecule has 2 heterocycles. The number of rotatable bonds is 59. The summed E-state index contributed by atoms with van der Waals surface area (Å²) < 4.78 is 21.7. The molecule has 0 aliphatic carbocycles. The van der Waals surface area contributed by atoms with Crippen LogP contribution in [0, 0.1) is 35.5 Å². The molecule has 0 saturated carbocycles. The number of carboxylic acids is 5. The van der Waals surface area contributed by atoms with E-state index in [1.165, 1.54) is 29.3 Å². The fraction of sp³-hybridized carbons (Fsp3) is 0.593. The first-order chi connectivity index (χ1) is 57.3. The fourth-order valence-corrected chi connectivity index (χ4v) is 16.5. The number of carbonyl (C=O) groups is 17. The number of alkyl carbamates (subject to hydrolysis) is 1. The normalized spacial score (nSPS) is 15.6. The van der Waals surface area contributed by atoms with Crippen LogP contribution in [0.4, 0.5) is 4.79 Å². The van der Waals surface area contributed by atoms with Gasteiger partial charge in [0, 0.05) is 99.1 Å². The third-order valence-corrected chi connectivity index (χ3v) is 23.8. The molecular formula is C81H113N9O27S4. The van der Waals surface area contributed by atoms with Gasteiger partial charge >= 0.3 is 47.9 Å². The maximum atomic E-state index is 15.1. The van der Waals surface area contributed by atoms with E-state index in [1.807, 2.05) is 46.6 Å². The summed E-state index contributed by atoms with van der Waals surface area (Å²) in [6.07, 6.45) is -5.10. The van der Waals surface area contributed by atoms with Crippen molar-refractivity contribution >= 4 is 151 Å². The van der Waals surface area contributed by atoms with Crippen molar-refractivity contribution in [1.29, 1.82) is 0 Å². The molecule has 12 N–H and O–H groups in total. The average Bonchev–Trinajstić information content (AvgIpc) is 1.80. The molecule has 13 atom stereocenters. The molecule has 0 radical (unpaired) electrons. The van der Waals surface area contributed by atoms with E-state index in [2.05, 4.69) is 36.9 Å². The minimum Gasteiger partial charge on any atom is -0.508 e. The fourth-order valence-electron chi connectivity index (χ4n) is 13.2. The molecule has 1 aromatic heterocycles.